The van der Waals surface area contributed by atoms with Crippen LogP contribution in [-0.4, -0.2) is 37.0 Å². The van der Waals surface area contributed by atoms with Crippen molar-refractivity contribution < 1.29 is 28.7 Å². The van der Waals surface area contributed by atoms with E-state index in [0.29, 0.717) is 23.5 Å². The van der Waals surface area contributed by atoms with Crippen LogP contribution in [0, 0.1) is 6.92 Å². The minimum Gasteiger partial charge on any atom is -0.462 e. The third kappa shape index (κ3) is 9.55. The maximum atomic E-state index is 12.1. The van der Waals surface area contributed by atoms with Crippen molar-refractivity contribution in [3.63, 3.8) is 0 Å². The van der Waals surface area contributed by atoms with E-state index >= 15 is 0 Å². The number of unbranched alkanes of at least 4 members (excludes halogenated alkanes) is 1. The molecule has 0 heterocycles. The van der Waals surface area contributed by atoms with E-state index in [2.05, 4.69) is 10.6 Å². The SMILES string of the molecule is CCCCOC(=O)c1ccc(NC(=O)CCCC(=O)OCC(=O)Nc2ccccc2C)cc1. The van der Waals surface area contributed by atoms with Crippen LogP contribution in [0.25, 0.3) is 0 Å². The molecule has 2 rings (SSSR count). The van der Waals surface area contributed by atoms with Crippen LogP contribution in [0.1, 0.15) is 54.9 Å². The molecule has 0 unspecified atom stereocenters. The summed E-state index contributed by atoms with van der Waals surface area (Å²) in [7, 11) is 0. The smallest absolute Gasteiger partial charge is 0.338 e. The van der Waals surface area contributed by atoms with Crippen LogP contribution in [0.15, 0.2) is 48.5 Å². The molecule has 8 heteroatoms. The van der Waals surface area contributed by atoms with Gasteiger partial charge >= 0.3 is 11.9 Å². The number of anilines is 2. The lowest BCUT2D eigenvalue weighted by molar-refractivity contribution is -0.147. The Morgan fingerprint density at radius 2 is 1.55 bits per heavy atom. The van der Waals surface area contributed by atoms with Gasteiger partial charge in [0.1, 0.15) is 0 Å². The molecule has 0 bridgehead atoms. The van der Waals surface area contributed by atoms with Gasteiger partial charge in [0.15, 0.2) is 6.61 Å². The van der Waals surface area contributed by atoms with Crippen molar-refractivity contribution in [2.75, 3.05) is 23.8 Å². The van der Waals surface area contributed by atoms with Gasteiger partial charge in [-0.1, -0.05) is 31.5 Å². The first-order valence-electron chi connectivity index (χ1n) is 11.0. The summed E-state index contributed by atoms with van der Waals surface area (Å²) in [5, 5.41) is 5.39. The van der Waals surface area contributed by atoms with E-state index in [0.717, 1.165) is 18.4 Å². The van der Waals surface area contributed by atoms with Gasteiger partial charge in [-0.25, -0.2) is 4.79 Å². The maximum Gasteiger partial charge on any atom is 0.338 e. The fourth-order valence-electron chi connectivity index (χ4n) is 2.82. The number of ether oxygens (including phenoxy) is 2. The molecule has 0 aromatic heterocycles. The van der Waals surface area contributed by atoms with Gasteiger partial charge < -0.3 is 20.1 Å². The van der Waals surface area contributed by atoms with Gasteiger partial charge in [-0.05, 0) is 55.7 Å². The number of esters is 2. The molecule has 33 heavy (non-hydrogen) atoms. The van der Waals surface area contributed by atoms with Gasteiger partial charge in [0.2, 0.25) is 5.91 Å². The summed E-state index contributed by atoms with van der Waals surface area (Å²) in [5.41, 5.74) is 2.53. The maximum absolute atomic E-state index is 12.1. The summed E-state index contributed by atoms with van der Waals surface area (Å²) in [6.07, 6.45) is 2.18. The Balaban J connectivity index is 1.64. The zero-order valence-electron chi connectivity index (χ0n) is 19.0. The van der Waals surface area contributed by atoms with Gasteiger partial charge in [0.25, 0.3) is 5.91 Å². The molecule has 0 saturated heterocycles. The average Bonchev–Trinajstić information content (AvgIpc) is 2.80. The molecule has 2 aromatic rings. The third-order valence-corrected chi connectivity index (χ3v) is 4.70. The van der Waals surface area contributed by atoms with Crippen molar-refractivity contribution in [3.05, 3.63) is 59.7 Å². The molecular weight excluding hydrogens is 424 g/mol. The number of nitrogens with one attached hydrogen (secondary N) is 2. The van der Waals surface area contributed by atoms with E-state index in [4.69, 9.17) is 9.47 Å². The van der Waals surface area contributed by atoms with Crippen LogP contribution < -0.4 is 10.6 Å². The molecule has 0 fully saturated rings. The number of amides is 2. The molecule has 2 N–H and O–H groups in total. The Labute approximate surface area is 193 Å². The first kappa shape index (κ1) is 25.6. The largest absolute Gasteiger partial charge is 0.462 e. The van der Waals surface area contributed by atoms with E-state index in [1.807, 2.05) is 26.0 Å². The lowest BCUT2D eigenvalue weighted by Crippen LogP contribution is -2.21. The molecule has 2 amide bonds. The fraction of sp³-hybridized carbons (Fsp3) is 0.360. The molecular formula is C25H30N2O6. The fourth-order valence-corrected chi connectivity index (χ4v) is 2.82. The highest BCUT2D eigenvalue weighted by Gasteiger charge is 2.11. The van der Waals surface area contributed by atoms with Crippen LogP contribution in [0.3, 0.4) is 0 Å². The first-order chi connectivity index (χ1) is 15.9. The minimum atomic E-state index is -0.548. The van der Waals surface area contributed by atoms with E-state index in [1.165, 1.54) is 0 Å². The average molecular weight is 455 g/mol. The molecule has 176 valence electrons. The van der Waals surface area contributed by atoms with E-state index in [1.54, 1.807) is 36.4 Å². The van der Waals surface area contributed by atoms with Gasteiger partial charge in [-0.3, -0.25) is 14.4 Å². The zero-order chi connectivity index (χ0) is 24.1. The summed E-state index contributed by atoms with van der Waals surface area (Å²) in [4.78, 5) is 47.7. The summed E-state index contributed by atoms with van der Waals surface area (Å²) in [5.74, 6) is -1.63. The molecule has 0 aliphatic carbocycles. The molecule has 0 radical (unpaired) electrons. The molecule has 0 saturated carbocycles. The summed E-state index contributed by atoms with van der Waals surface area (Å²) < 4.78 is 10.1. The van der Waals surface area contributed by atoms with Crippen LogP contribution in [0.5, 0.6) is 0 Å². The predicted octanol–water partition coefficient (Wildman–Crippen LogP) is 4.24. The van der Waals surface area contributed by atoms with E-state index < -0.39 is 17.8 Å². The standard InChI is InChI=1S/C25H30N2O6/c1-3-4-16-32-25(31)19-12-14-20(15-13-19)26-22(28)10-7-11-24(30)33-17-23(29)27-21-9-6-5-8-18(21)2/h5-6,8-9,12-15H,3-4,7,10-11,16-17H2,1-2H3,(H,26,28)(H,27,29). The highest BCUT2D eigenvalue weighted by atomic mass is 16.5. The number of para-hydroxylation sites is 1. The number of hydrogen-bond donors (Lipinski definition) is 2. The van der Waals surface area contributed by atoms with Gasteiger partial charge in [-0.2, -0.15) is 0 Å². The monoisotopic (exact) mass is 454 g/mol. The predicted molar refractivity (Wildman–Crippen MR) is 125 cm³/mol. The van der Waals surface area contributed by atoms with Crippen molar-refractivity contribution in [2.24, 2.45) is 0 Å². The summed E-state index contributed by atoms with van der Waals surface area (Å²) >= 11 is 0. The lowest BCUT2D eigenvalue weighted by atomic mass is 10.2. The molecule has 0 aliphatic heterocycles. The van der Waals surface area contributed by atoms with Crippen molar-refractivity contribution in [1.82, 2.24) is 0 Å². The zero-order valence-corrected chi connectivity index (χ0v) is 19.0. The summed E-state index contributed by atoms with van der Waals surface area (Å²) in [6.45, 7) is 3.88. The Morgan fingerprint density at radius 1 is 0.818 bits per heavy atom. The number of carbonyl (C=O) groups excluding carboxylic acids is 4. The number of aryl methyl sites for hydroxylation is 1. The lowest BCUT2D eigenvalue weighted by Gasteiger charge is -2.09. The summed E-state index contributed by atoms with van der Waals surface area (Å²) in [6, 6.07) is 13.7. The van der Waals surface area contributed by atoms with Gasteiger partial charge in [-0.15, -0.1) is 0 Å². The Morgan fingerprint density at radius 3 is 2.24 bits per heavy atom. The van der Waals surface area contributed by atoms with E-state index in [-0.39, 0.29) is 31.8 Å². The molecule has 0 spiro atoms. The van der Waals surface area contributed by atoms with Gasteiger partial charge in [0.05, 0.1) is 12.2 Å². The van der Waals surface area contributed by atoms with Crippen molar-refractivity contribution in [3.8, 4) is 0 Å². The topological polar surface area (TPSA) is 111 Å². The van der Waals surface area contributed by atoms with E-state index in [9.17, 15) is 19.2 Å². The first-order valence-corrected chi connectivity index (χ1v) is 11.0. The Bertz CT molecular complexity index is 956. The van der Waals surface area contributed by atoms with Crippen LogP contribution >= 0.6 is 0 Å². The number of rotatable bonds is 12. The van der Waals surface area contributed by atoms with Crippen molar-refractivity contribution in [2.45, 2.75) is 46.0 Å². The second-order valence-electron chi connectivity index (χ2n) is 7.49. The Kier molecular flexibility index (Phi) is 10.6. The van der Waals surface area contributed by atoms with Crippen LogP contribution in [0.2, 0.25) is 0 Å². The molecule has 0 atom stereocenters. The quantitative estimate of drug-likeness (QED) is 0.367. The second-order valence-corrected chi connectivity index (χ2v) is 7.49. The van der Waals surface area contributed by atoms with Crippen LogP contribution in [0.4, 0.5) is 11.4 Å². The number of carbonyl (C=O) groups is 4. The van der Waals surface area contributed by atoms with Crippen LogP contribution in [-0.2, 0) is 23.9 Å². The highest BCUT2D eigenvalue weighted by molar-refractivity contribution is 5.94. The normalized spacial score (nSPS) is 10.2. The highest BCUT2D eigenvalue weighted by Crippen LogP contribution is 2.13. The second kappa shape index (κ2) is 13.7. The number of benzene rings is 2. The minimum absolute atomic E-state index is 0.0214. The third-order valence-electron chi connectivity index (χ3n) is 4.70. The number of hydrogen-bond acceptors (Lipinski definition) is 6. The molecule has 0 aliphatic rings. The Hall–Kier alpha value is -3.68. The molecule has 2 aromatic carbocycles. The van der Waals surface area contributed by atoms with Crippen molar-refractivity contribution >= 4 is 35.1 Å². The van der Waals surface area contributed by atoms with Crippen molar-refractivity contribution in [1.29, 1.82) is 0 Å². The molecule has 8 nitrogen and oxygen atoms in total. The van der Waals surface area contributed by atoms with Gasteiger partial charge in [0, 0.05) is 24.2 Å².